The van der Waals surface area contributed by atoms with Crippen LogP contribution >= 0.6 is 0 Å². The van der Waals surface area contributed by atoms with E-state index in [4.69, 9.17) is 14.5 Å². The molecule has 0 spiro atoms. The van der Waals surface area contributed by atoms with Crippen molar-refractivity contribution in [1.29, 1.82) is 0 Å². The van der Waals surface area contributed by atoms with Gasteiger partial charge < -0.3 is 25.0 Å². The van der Waals surface area contributed by atoms with Crippen molar-refractivity contribution in [2.75, 3.05) is 49.5 Å². The van der Waals surface area contributed by atoms with E-state index in [0.717, 1.165) is 13.1 Å². The predicted molar refractivity (Wildman–Crippen MR) is 126 cm³/mol. The number of hydrogen-bond acceptors (Lipinski definition) is 8. The minimum Gasteiger partial charge on any atom is -0.374 e. The number of rotatable bonds is 5. The topological polar surface area (TPSA) is 84.4 Å². The molecule has 0 bridgehead atoms. The highest BCUT2D eigenvalue weighted by Gasteiger charge is 2.24. The first-order chi connectivity index (χ1) is 16.1. The lowest BCUT2D eigenvalue weighted by Crippen LogP contribution is -2.45. The maximum atomic E-state index is 15.2. The molecular weight excluding hydrogens is 423 g/mol. The third-order valence-corrected chi connectivity index (χ3v) is 5.96. The number of nitrogens with zero attached hydrogens (tertiary/aromatic N) is 4. The summed E-state index contributed by atoms with van der Waals surface area (Å²) < 4.78 is 26.8. The number of morpholine rings is 2. The standard InChI is InChI=1S/C24H29FN6O2/c1-15-13-31(14-16(2)33-15)22-4-3-17(9-19(22)25)20-10-21-23(28-6-5-27-21)24(30-20)29-12-18-11-26-7-8-32-18/h3-6,9-10,15-16,18,26H,7-8,11-14H2,1-2H3,(H,29,30)/t15-,16+,18-/m0/s1. The molecule has 0 amide bonds. The Hall–Kier alpha value is -2.88. The van der Waals surface area contributed by atoms with Crippen molar-refractivity contribution in [3.63, 3.8) is 0 Å². The van der Waals surface area contributed by atoms with Crippen LogP contribution in [0.5, 0.6) is 0 Å². The number of fused-ring (bicyclic) bond motifs is 1. The van der Waals surface area contributed by atoms with Gasteiger partial charge in [-0.25, -0.2) is 14.4 Å². The number of anilines is 2. The van der Waals surface area contributed by atoms with Crippen LogP contribution in [0.25, 0.3) is 22.3 Å². The van der Waals surface area contributed by atoms with Crippen molar-refractivity contribution in [2.45, 2.75) is 32.2 Å². The molecule has 4 heterocycles. The number of pyridine rings is 1. The van der Waals surface area contributed by atoms with Gasteiger partial charge in [0, 0.05) is 50.7 Å². The number of benzene rings is 1. The van der Waals surface area contributed by atoms with Gasteiger partial charge in [0.05, 0.1) is 41.8 Å². The van der Waals surface area contributed by atoms with E-state index in [1.807, 2.05) is 36.9 Å². The number of halogens is 1. The predicted octanol–water partition coefficient (Wildman–Crippen LogP) is 2.84. The molecule has 1 aromatic carbocycles. The van der Waals surface area contributed by atoms with Crippen LogP contribution in [0.4, 0.5) is 15.9 Å². The van der Waals surface area contributed by atoms with Gasteiger partial charge >= 0.3 is 0 Å². The Bertz CT molecular complexity index is 1110. The summed E-state index contributed by atoms with van der Waals surface area (Å²) in [6, 6.07) is 7.13. The van der Waals surface area contributed by atoms with E-state index in [-0.39, 0.29) is 24.1 Å². The lowest BCUT2D eigenvalue weighted by atomic mass is 10.1. The molecule has 2 aromatic heterocycles. The zero-order valence-electron chi connectivity index (χ0n) is 18.9. The Labute approximate surface area is 192 Å². The highest BCUT2D eigenvalue weighted by Crippen LogP contribution is 2.30. The molecule has 2 N–H and O–H groups in total. The zero-order chi connectivity index (χ0) is 22.8. The molecule has 33 heavy (non-hydrogen) atoms. The minimum atomic E-state index is -0.272. The summed E-state index contributed by atoms with van der Waals surface area (Å²) in [6.45, 7) is 8.27. The van der Waals surface area contributed by atoms with Gasteiger partial charge in [-0.3, -0.25) is 4.98 Å². The summed E-state index contributed by atoms with van der Waals surface area (Å²) in [7, 11) is 0. The van der Waals surface area contributed by atoms with Gasteiger partial charge in [0.2, 0.25) is 0 Å². The molecule has 5 rings (SSSR count). The van der Waals surface area contributed by atoms with Crippen LogP contribution in [0, 0.1) is 5.82 Å². The molecular formula is C24H29FN6O2. The largest absolute Gasteiger partial charge is 0.374 e. The zero-order valence-corrected chi connectivity index (χ0v) is 18.9. The SMILES string of the molecule is C[C@@H]1CN(c2ccc(-c3cc4nccnc4c(NC[C@@H]4CNCCO4)n3)cc2F)C[C@H](C)O1. The molecule has 174 valence electrons. The second-order valence-corrected chi connectivity index (χ2v) is 8.69. The summed E-state index contributed by atoms with van der Waals surface area (Å²) in [4.78, 5) is 15.7. The van der Waals surface area contributed by atoms with Gasteiger partial charge in [0.1, 0.15) is 11.3 Å². The van der Waals surface area contributed by atoms with E-state index in [0.29, 0.717) is 60.0 Å². The Morgan fingerprint density at radius 1 is 1.15 bits per heavy atom. The number of aromatic nitrogens is 3. The molecule has 0 unspecified atom stereocenters. The summed E-state index contributed by atoms with van der Waals surface area (Å²) in [5, 5.41) is 6.68. The maximum Gasteiger partial charge on any atom is 0.154 e. The molecule has 3 aromatic rings. The van der Waals surface area contributed by atoms with Crippen molar-refractivity contribution < 1.29 is 13.9 Å². The highest BCUT2D eigenvalue weighted by molar-refractivity contribution is 5.88. The van der Waals surface area contributed by atoms with E-state index in [2.05, 4.69) is 20.6 Å². The number of hydrogen-bond donors (Lipinski definition) is 2. The van der Waals surface area contributed by atoms with Gasteiger partial charge in [0.25, 0.3) is 0 Å². The smallest absolute Gasteiger partial charge is 0.154 e. The van der Waals surface area contributed by atoms with E-state index in [9.17, 15) is 0 Å². The molecule has 2 saturated heterocycles. The van der Waals surface area contributed by atoms with E-state index < -0.39 is 0 Å². The molecule has 0 saturated carbocycles. The fraction of sp³-hybridized carbons (Fsp3) is 0.458. The first kappa shape index (κ1) is 21.9. The Morgan fingerprint density at radius 3 is 2.73 bits per heavy atom. The van der Waals surface area contributed by atoms with Crippen LogP contribution < -0.4 is 15.5 Å². The number of ether oxygens (including phenoxy) is 2. The fourth-order valence-corrected chi connectivity index (χ4v) is 4.50. The van der Waals surface area contributed by atoms with Gasteiger partial charge in [0.15, 0.2) is 5.82 Å². The van der Waals surface area contributed by atoms with Crippen molar-refractivity contribution >= 4 is 22.5 Å². The quantitative estimate of drug-likeness (QED) is 0.612. The molecule has 2 fully saturated rings. The van der Waals surface area contributed by atoms with Crippen LogP contribution in [-0.2, 0) is 9.47 Å². The molecule has 2 aliphatic heterocycles. The van der Waals surface area contributed by atoms with Gasteiger partial charge in [-0.1, -0.05) is 6.07 Å². The van der Waals surface area contributed by atoms with Crippen molar-refractivity contribution in [1.82, 2.24) is 20.3 Å². The van der Waals surface area contributed by atoms with Crippen molar-refractivity contribution in [2.24, 2.45) is 0 Å². The first-order valence-corrected chi connectivity index (χ1v) is 11.4. The van der Waals surface area contributed by atoms with E-state index in [1.165, 1.54) is 0 Å². The molecule has 0 aliphatic carbocycles. The van der Waals surface area contributed by atoms with Gasteiger partial charge in [-0.05, 0) is 32.0 Å². The van der Waals surface area contributed by atoms with Gasteiger partial charge in [-0.2, -0.15) is 0 Å². The average molecular weight is 453 g/mol. The first-order valence-electron chi connectivity index (χ1n) is 11.4. The maximum absolute atomic E-state index is 15.2. The Kier molecular flexibility index (Phi) is 6.34. The lowest BCUT2D eigenvalue weighted by Gasteiger charge is -2.37. The molecule has 0 radical (unpaired) electrons. The molecule has 3 atom stereocenters. The molecule has 8 nitrogen and oxygen atoms in total. The van der Waals surface area contributed by atoms with Crippen LogP contribution in [-0.4, -0.2) is 72.6 Å². The monoisotopic (exact) mass is 452 g/mol. The summed E-state index contributed by atoms with van der Waals surface area (Å²) in [5.41, 5.74) is 3.30. The highest BCUT2D eigenvalue weighted by atomic mass is 19.1. The lowest BCUT2D eigenvalue weighted by molar-refractivity contribution is -0.00539. The van der Waals surface area contributed by atoms with Crippen LogP contribution in [0.2, 0.25) is 0 Å². The summed E-state index contributed by atoms with van der Waals surface area (Å²) in [5.74, 6) is 0.344. The van der Waals surface area contributed by atoms with E-state index in [1.54, 1.807) is 18.5 Å². The summed E-state index contributed by atoms with van der Waals surface area (Å²) in [6.07, 6.45) is 3.46. The third kappa shape index (κ3) is 4.90. The average Bonchev–Trinajstić information content (AvgIpc) is 2.82. The van der Waals surface area contributed by atoms with Crippen LogP contribution in [0.15, 0.2) is 36.7 Å². The normalized spacial score (nSPS) is 23.6. The second kappa shape index (κ2) is 9.54. The Balaban J connectivity index is 1.43. The van der Waals surface area contributed by atoms with Gasteiger partial charge in [-0.15, -0.1) is 0 Å². The minimum absolute atomic E-state index is 0.0472. The fourth-order valence-electron chi connectivity index (χ4n) is 4.50. The Morgan fingerprint density at radius 2 is 1.97 bits per heavy atom. The van der Waals surface area contributed by atoms with Crippen LogP contribution in [0.3, 0.4) is 0 Å². The second-order valence-electron chi connectivity index (χ2n) is 8.69. The van der Waals surface area contributed by atoms with Crippen molar-refractivity contribution in [3.8, 4) is 11.3 Å². The molecule has 9 heteroatoms. The van der Waals surface area contributed by atoms with Crippen LogP contribution in [0.1, 0.15) is 13.8 Å². The number of nitrogens with one attached hydrogen (secondary N) is 2. The van der Waals surface area contributed by atoms with Crippen molar-refractivity contribution in [3.05, 3.63) is 42.5 Å². The molecule has 2 aliphatic rings. The third-order valence-electron chi connectivity index (χ3n) is 5.96. The summed E-state index contributed by atoms with van der Waals surface area (Å²) >= 11 is 0. The van der Waals surface area contributed by atoms with E-state index >= 15 is 4.39 Å².